The maximum absolute atomic E-state index is 10.9. The van der Waals surface area contributed by atoms with Gasteiger partial charge in [-0.3, -0.25) is 10.1 Å². The number of benzene rings is 1. The molecular weight excluding hydrogens is 290 g/mol. The lowest BCUT2D eigenvalue weighted by atomic mass is 10.2. The van der Waals surface area contributed by atoms with Gasteiger partial charge in [-0.25, -0.2) is 0 Å². The third kappa shape index (κ3) is 3.17. The summed E-state index contributed by atoms with van der Waals surface area (Å²) in [6.07, 6.45) is 2.94. The molecule has 8 heteroatoms. The fourth-order valence-electron chi connectivity index (χ4n) is 1.84. The maximum atomic E-state index is 10.9. The summed E-state index contributed by atoms with van der Waals surface area (Å²) in [4.78, 5) is 10.4. The van der Waals surface area contributed by atoms with Gasteiger partial charge in [0, 0.05) is 18.3 Å². The summed E-state index contributed by atoms with van der Waals surface area (Å²) in [7, 11) is 3.10. The summed E-state index contributed by atoms with van der Waals surface area (Å²) < 4.78 is 15.3. The molecule has 0 radical (unpaired) electrons. The average molecular weight is 305 g/mol. The summed E-state index contributed by atoms with van der Waals surface area (Å²) in [5, 5.41) is 17.5. The van der Waals surface area contributed by atoms with Crippen LogP contribution in [0.15, 0.2) is 28.9 Å². The Morgan fingerprint density at radius 2 is 2.14 bits per heavy atom. The predicted octanol–water partition coefficient (Wildman–Crippen LogP) is 2.99. The molecule has 0 saturated heterocycles. The zero-order valence-electron chi connectivity index (χ0n) is 12.3. The predicted molar refractivity (Wildman–Crippen MR) is 80.1 cm³/mol. The van der Waals surface area contributed by atoms with E-state index in [2.05, 4.69) is 10.5 Å². The first-order valence-corrected chi connectivity index (χ1v) is 6.32. The highest BCUT2D eigenvalue weighted by Gasteiger charge is 2.21. The van der Waals surface area contributed by atoms with E-state index in [9.17, 15) is 10.1 Å². The molecule has 0 unspecified atom stereocenters. The SMILES string of the molecule is COc1ccc(NC=Cc2onc(C)c2[N+](=O)[O-])c(OC)c1. The van der Waals surface area contributed by atoms with Crippen LogP contribution in [-0.4, -0.2) is 24.3 Å². The number of aromatic nitrogens is 1. The maximum Gasteiger partial charge on any atom is 0.338 e. The van der Waals surface area contributed by atoms with E-state index in [1.165, 1.54) is 26.3 Å². The van der Waals surface area contributed by atoms with E-state index in [-0.39, 0.29) is 17.1 Å². The van der Waals surface area contributed by atoms with E-state index in [1.54, 1.807) is 25.3 Å². The topological polar surface area (TPSA) is 99.7 Å². The third-order valence-corrected chi connectivity index (χ3v) is 2.92. The lowest BCUT2D eigenvalue weighted by molar-refractivity contribution is -0.386. The average Bonchev–Trinajstić information content (AvgIpc) is 2.88. The molecule has 22 heavy (non-hydrogen) atoms. The quantitative estimate of drug-likeness (QED) is 0.646. The summed E-state index contributed by atoms with van der Waals surface area (Å²) >= 11 is 0. The highest BCUT2D eigenvalue weighted by atomic mass is 16.6. The van der Waals surface area contributed by atoms with Crippen molar-refractivity contribution in [1.29, 1.82) is 0 Å². The molecule has 1 aromatic carbocycles. The minimum Gasteiger partial charge on any atom is -0.497 e. The molecule has 0 bridgehead atoms. The summed E-state index contributed by atoms with van der Waals surface area (Å²) in [5.74, 6) is 1.31. The Bertz CT molecular complexity index is 708. The van der Waals surface area contributed by atoms with Crippen molar-refractivity contribution in [2.24, 2.45) is 0 Å². The van der Waals surface area contributed by atoms with Crippen LogP contribution in [0.3, 0.4) is 0 Å². The van der Waals surface area contributed by atoms with Gasteiger partial charge in [-0.05, 0) is 19.1 Å². The zero-order chi connectivity index (χ0) is 16.1. The molecule has 2 rings (SSSR count). The number of hydrogen-bond acceptors (Lipinski definition) is 7. The zero-order valence-corrected chi connectivity index (χ0v) is 12.3. The minimum absolute atomic E-state index is 0.0717. The van der Waals surface area contributed by atoms with Crippen molar-refractivity contribution in [1.82, 2.24) is 5.16 Å². The fraction of sp³-hybridized carbons (Fsp3) is 0.214. The Hall–Kier alpha value is -3.03. The van der Waals surface area contributed by atoms with Crippen LogP contribution in [0.5, 0.6) is 11.5 Å². The van der Waals surface area contributed by atoms with Gasteiger partial charge in [0.05, 0.1) is 24.8 Å². The molecule has 0 atom stereocenters. The van der Waals surface area contributed by atoms with Crippen LogP contribution in [0.2, 0.25) is 0 Å². The largest absolute Gasteiger partial charge is 0.497 e. The van der Waals surface area contributed by atoms with Crippen LogP contribution in [0.1, 0.15) is 11.5 Å². The summed E-state index contributed by atoms with van der Waals surface area (Å²) in [5.41, 5.74) is 0.755. The highest BCUT2D eigenvalue weighted by Crippen LogP contribution is 2.29. The van der Waals surface area contributed by atoms with Crippen molar-refractivity contribution in [3.63, 3.8) is 0 Å². The van der Waals surface area contributed by atoms with Gasteiger partial charge in [-0.1, -0.05) is 5.16 Å². The van der Waals surface area contributed by atoms with E-state index < -0.39 is 4.92 Å². The number of nitro groups is 1. The number of methoxy groups -OCH3 is 2. The van der Waals surface area contributed by atoms with Crippen molar-refractivity contribution < 1.29 is 18.9 Å². The molecule has 1 aromatic heterocycles. The second kappa shape index (κ2) is 6.61. The molecule has 1 heterocycles. The molecule has 0 amide bonds. The third-order valence-electron chi connectivity index (χ3n) is 2.92. The normalized spacial score (nSPS) is 10.7. The molecule has 0 aliphatic rings. The molecule has 116 valence electrons. The van der Waals surface area contributed by atoms with Gasteiger partial charge in [0.15, 0.2) is 5.69 Å². The molecule has 1 N–H and O–H groups in total. The van der Waals surface area contributed by atoms with Crippen LogP contribution in [-0.2, 0) is 0 Å². The van der Waals surface area contributed by atoms with Crippen molar-refractivity contribution in [2.45, 2.75) is 6.92 Å². The smallest absolute Gasteiger partial charge is 0.338 e. The Morgan fingerprint density at radius 1 is 1.36 bits per heavy atom. The van der Waals surface area contributed by atoms with Gasteiger partial charge in [0.2, 0.25) is 5.76 Å². The van der Waals surface area contributed by atoms with Crippen LogP contribution in [0.25, 0.3) is 6.08 Å². The summed E-state index contributed by atoms with van der Waals surface area (Å²) in [6, 6.07) is 5.25. The molecule has 8 nitrogen and oxygen atoms in total. The fourth-order valence-corrected chi connectivity index (χ4v) is 1.84. The van der Waals surface area contributed by atoms with Crippen molar-refractivity contribution >= 4 is 17.5 Å². The number of ether oxygens (including phenoxy) is 2. The van der Waals surface area contributed by atoms with E-state index in [0.29, 0.717) is 17.2 Å². The van der Waals surface area contributed by atoms with Crippen molar-refractivity contribution in [3.05, 3.63) is 46.0 Å². The van der Waals surface area contributed by atoms with Gasteiger partial charge in [0.25, 0.3) is 0 Å². The lowest BCUT2D eigenvalue weighted by Crippen LogP contribution is -1.94. The van der Waals surface area contributed by atoms with Crippen molar-refractivity contribution in [3.8, 4) is 11.5 Å². The Morgan fingerprint density at radius 3 is 2.77 bits per heavy atom. The van der Waals surface area contributed by atoms with E-state index in [0.717, 1.165) is 0 Å². The molecule has 0 fully saturated rings. The minimum atomic E-state index is -0.528. The second-order valence-electron chi connectivity index (χ2n) is 4.28. The number of rotatable bonds is 6. The Balaban J connectivity index is 2.18. The monoisotopic (exact) mass is 305 g/mol. The molecule has 2 aromatic rings. The number of nitrogens with zero attached hydrogens (tertiary/aromatic N) is 2. The molecular formula is C14H15N3O5. The first-order chi connectivity index (χ1) is 10.6. The number of aryl methyl sites for hydroxylation is 1. The van der Waals surface area contributed by atoms with E-state index >= 15 is 0 Å². The van der Waals surface area contributed by atoms with Gasteiger partial charge >= 0.3 is 5.69 Å². The first-order valence-electron chi connectivity index (χ1n) is 6.32. The number of anilines is 1. The van der Waals surface area contributed by atoms with Gasteiger partial charge < -0.3 is 19.3 Å². The van der Waals surface area contributed by atoms with Gasteiger partial charge in [-0.2, -0.15) is 0 Å². The molecule has 0 aliphatic heterocycles. The van der Waals surface area contributed by atoms with Crippen molar-refractivity contribution in [2.75, 3.05) is 19.5 Å². The number of hydrogen-bond donors (Lipinski definition) is 1. The van der Waals surface area contributed by atoms with E-state index in [1.807, 2.05) is 0 Å². The molecule has 0 aliphatic carbocycles. The van der Waals surface area contributed by atoms with Crippen LogP contribution in [0.4, 0.5) is 11.4 Å². The second-order valence-corrected chi connectivity index (χ2v) is 4.28. The van der Waals surface area contributed by atoms with E-state index in [4.69, 9.17) is 14.0 Å². The molecule has 0 spiro atoms. The first kappa shape index (κ1) is 15.4. The Kier molecular flexibility index (Phi) is 4.62. The highest BCUT2D eigenvalue weighted by molar-refractivity contribution is 5.64. The van der Waals surface area contributed by atoms with Gasteiger partial charge in [-0.15, -0.1) is 0 Å². The molecule has 0 saturated carbocycles. The van der Waals surface area contributed by atoms with Crippen LogP contribution in [0, 0.1) is 17.0 Å². The van der Waals surface area contributed by atoms with Crippen LogP contribution < -0.4 is 14.8 Å². The number of nitrogens with one attached hydrogen (secondary N) is 1. The van der Waals surface area contributed by atoms with Crippen LogP contribution >= 0.6 is 0 Å². The van der Waals surface area contributed by atoms with Gasteiger partial charge in [0.1, 0.15) is 11.5 Å². The standard InChI is InChI=1S/C14H15N3O5/c1-9-14(17(18)19)12(22-16-9)6-7-15-11-5-4-10(20-2)8-13(11)21-3/h4-8,15H,1-3H3. The lowest BCUT2D eigenvalue weighted by Gasteiger charge is -2.09. The Labute approximate surface area is 126 Å². The summed E-state index contributed by atoms with van der Waals surface area (Å²) in [6.45, 7) is 1.51.